The first-order chi connectivity index (χ1) is 8.15. The first kappa shape index (κ1) is 14.2. The summed E-state index contributed by atoms with van der Waals surface area (Å²) < 4.78 is 0. The molecule has 0 radical (unpaired) electrons. The molecule has 0 unspecified atom stereocenters. The number of hydrogen-bond donors (Lipinski definition) is 2. The molecular weight excluding hydrogens is 232 g/mol. The van der Waals surface area contributed by atoms with Gasteiger partial charge in [-0.3, -0.25) is 4.79 Å². The van der Waals surface area contributed by atoms with Crippen LogP contribution in [0.3, 0.4) is 0 Å². The summed E-state index contributed by atoms with van der Waals surface area (Å²) in [5.74, 6) is -1.94. The van der Waals surface area contributed by atoms with E-state index in [1.54, 1.807) is 32.9 Å². The fourth-order valence-electron chi connectivity index (χ4n) is 2.05. The van der Waals surface area contributed by atoms with Crippen molar-refractivity contribution in [3.05, 3.63) is 34.4 Å². The summed E-state index contributed by atoms with van der Waals surface area (Å²) in [6.45, 7) is 6.79. The maximum atomic E-state index is 11.3. The van der Waals surface area contributed by atoms with Crippen molar-refractivity contribution < 1.29 is 19.8 Å². The summed E-state index contributed by atoms with van der Waals surface area (Å²) in [5, 5.41) is 18.3. The van der Waals surface area contributed by atoms with E-state index in [4.69, 9.17) is 5.11 Å². The van der Waals surface area contributed by atoms with Crippen LogP contribution in [0.15, 0.2) is 12.1 Å². The lowest BCUT2D eigenvalue weighted by Crippen LogP contribution is -2.27. The first-order valence-corrected chi connectivity index (χ1v) is 5.72. The Kier molecular flexibility index (Phi) is 3.79. The van der Waals surface area contributed by atoms with Crippen LogP contribution in [0.2, 0.25) is 0 Å². The van der Waals surface area contributed by atoms with Gasteiger partial charge in [0.05, 0.1) is 11.0 Å². The minimum Gasteiger partial charge on any atom is -0.481 e. The zero-order chi connectivity index (χ0) is 14.1. The van der Waals surface area contributed by atoms with Crippen LogP contribution >= 0.6 is 0 Å². The zero-order valence-electron chi connectivity index (χ0n) is 11.1. The highest BCUT2D eigenvalue weighted by molar-refractivity contribution is 5.91. The number of rotatable bonds is 4. The number of aromatic carboxylic acids is 1. The molecule has 0 amide bonds. The smallest absolute Gasteiger partial charge is 0.336 e. The number of aryl methyl sites for hydroxylation is 2. The van der Waals surface area contributed by atoms with Gasteiger partial charge in [-0.2, -0.15) is 0 Å². The normalized spacial score (nSPS) is 11.3. The minimum absolute atomic E-state index is 0.201. The summed E-state index contributed by atoms with van der Waals surface area (Å²) in [6.07, 6.45) is 0.201. The third kappa shape index (κ3) is 2.88. The van der Waals surface area contributed by atoms with Gasteiger partial charge in [-0.05, 0) is 45.2 Å². The van der Waals surface area contributed by atoms with Crippen molar-refractivity contribution in [1.29, 1.82) is 0 Å². The fourth-order valence-corrected chi connectivity index (χ4v) is 2.05. The number of carboxylic acids is 2. The molecule has 0 saturated heterocycles. The Morgan fingerprint density at radius 2 is 1.72 bits per heavy atom. The molecule has 0 aromatic heterocycles. The molecule has 0 atom stereocenters. The van der Waals surface area contributed by atoms with Gasteiger partial charge in [-0.25, -0.2) is 4.79 Å². The molecule has 1 rings (SSSR count). The van der Waals surface area contributed by atoms with E-state index in [-0.39, 0.29) is 12.0 Å². The van der Waals surface area contributed by atoms with E-state index in [0.29, 0.717) is 11.1 Å². The zero-order valence-corrected chi connectivity index (χ0v) is 11.1. The molecule has 2 N–H and O–H groups in total. The van der Waals surface area contributed by atoms with Gasteiger partial charge in [-0.15, -0.1) is 0 Å². The van der Waals surface area contributed by atoms with Gasteiger partial charge in [0.25, 0.3) is 0 Å². The summed E-state index contributed by atoms with van der Waals surface area (Å²) in [4.78, 5) is 22.4. The lowest BCUT2D eigenvalue weighted by molar-refractivity contribution is -0.146. The lowest BCUT2D eigenvalue weighted by atomic mass is 9.83. The van der Waals surface area contributed by atoms with Gasteiger partial charge in [0, 0.05) is 0 Å². The van der Waals surface area contributed by atoms with Gasteiger partial charge in [0.15, 0.2) is 0 Å². The highest BCUT2D eigenvalue weighted by atomic mass is 16.4. The van der Waals surface area contributed by atoms with Crippen LogP contribution in [-0.2, 0) is 11.2 Å². The molecule has 0 aliphatic rings. The average Bonchev–Trinajstić information content (AvgIpc) is 2.13. The van der Waals surface area contributed by atoms with Crippen molar-refractivity contribution in [3.63, 3.8) is 0 Å². The number of aliphatic carboxylic acids is 1. The average molecular weight is 250 g/mol. The van der Waals surface area contributed by atoms with E-state index in [2.05, 4.69) is 0 Å². The first-order valence-electron chi connectivity index (χ1n) is 5.72. The van der Waals surface area contributed by atoms with Crippen LogP contribution in [0.4, 0.5) is 0 Å². The van der Waals surface area contributed by atoms with E-state index in [9.17, 15) is 14.7 Å². The van der Waals surface area contributed by atoms with E-state index < -0.39 is 17.4 Å². The molecule has 0 aliphatic carbocycles. The molecule has 0 heterocycles. The SMILES string of the molecule is Cc1cc(C)c(C(=O)O)c(CC(C)(C)C(=O)O)c1. The standard InChI is InChI=1S/C14H18O4/c1-8-5-9(2)11(12(15)16)10(6-8)7-14(3,4)13(17)18/h5-6H,7H2,1-4H3,(H,15,16)(H,17,18). The predicted molar refractivity (Wildman–Crippen MR) is 68.0 cm³/mol. The summed E-state index contributed by atoms with van der Waals surface area (Å²) in [5.41, 5.74) is 1.42. The maximum absolute atomic E-state index is 11.3. The summed E-state index contributed by atoms with van der Waals surface area (Å²) >= 11 is 0. The molecule has 0 bridgehead atoms. The van der Waals surface area contributed by atoms with Crippen LogP contribution in [0.5, 0.6) is 0 Å². The quantitative estimate of drug-likeness (QED) is 0.861. The molecule has 4 nitrogen and oxygen atoms in total. The highest BCUT2D eigenvalue weighted by Crippen LogP contribution is 2.27. The van der Waals surface area contributed by atoms with Gasteiger partial charge < -0.3 is 10.2 Å². The number of hydrogen-bond acceptors (Lipinski definition) is 2. The molecule has 1 aromatic carbocycles. The third-order valence-corrected chi connectivity index (χ3v) is 2.99. The fraction of sp³-hybridized carbons (Fsp3) is 0.429. The summed E-state index contributed by atoms with van der Waals surface area (Å²) in [7, 11) is 0. The molecular formula is C14H18O4. The van der Waals surface area contributed by atoms with E-state index in [0.717, 1.165) is 5.56 Å². The van der Waals surface area contributed by atoms with Crippen LogP contribution in [-0.4, -0.2) is 22.2 Å². The monoisotopic (exact) mass is 250 g/mol. The predicted octanol–water partition coefficient (Wildman–Crippen LogP) is 2.65. The molecule has 0 saturated carbocycles. The molecule has 0 spiro atoms. The van der Waals surface area contributed by atoms with Crippen molar-refractivity contribution >= 4 is 11.9 Å². The van der Waals surface area contributed by atoms with Crippen molar-refractivity contribution in [2.24, 2.45) is 5.41 Å². The molecule has 1 aromatic rings. The van der Waals surface area contributed by atoms with Crippen LogP contribution in [0, 0.1) is 19.3 Å². The highest BCUT2D eigenvalue weighted by Gasteiger charge is 2.29. The van der Waals surface area contributed by atoms with Crippen molar-refractivity contribution in [2.45, 2.75) is 34.1 Å². The summed E-state index contributed by atoms with van der Waals surface area (Å²) in [6, 6.07) is 3.54. The molecule has 18 heavy (non-hydrogen) atoms. The largest absolute Gasteiger partial charge is 0.481 e. The molecule has 4 heteroatoms. The minimum atomic E-state index is -1.01. The number of carbonyl (C=O) groups is 2. The molecule has 98 valence electrons. The second-order valence-electron chi connectivity index (χ2n) is 5.29. The Morgan fingerprint density at radius 3 is 2.17 bits per heavy atom. The van der Waals surface area contributed by atoms with E-state index >= 15 is 0 Å². The number of benzene rings is 1. The van der Waals surface area contributed by atoms with Crippen LogP contribution < -0.4 is 0 Å². The van der Waals surface area contributed by atoms with Gasteiger partial charge in [-0.1, -0.05) is 17.7 Å². The van der Waals surface area contributed by atoms with E-state index in [1.807, 2.05) is 6.92 Å². The van der Waals surface area contributed by atoms with Gasteiger partial charge in [0.1, 0.15) is 0 Å². The lowest BCUT2D eigenvalue weighted by Gasteiger charge is -2.21. The van der Waals surface area contributed by atoms with Gasteiger partial charge in [0.2, 0.25) is 0 Å². The number of carboxylic acid groups (broad SMARTS) is 2. The van der Waals surface area contributed by atoms with Gasteiger partial charge >= 0.3 is 11.9 Å². The van der Waals surface area contributed by atoms with Crippen LogP contribution in [0.1, 0.15) is 40.9 Å². The van der Waals surface area contributed by atoms with E-state index in [1.165, 1.54) is 0 Å². The Bertz CT molecular complexity index is 501. The topological polar surface area (TPSA) is 74.6 Å². The van der Waals surface area contributed by atoms with Crippen molar-refractivity contribution in [2.75, 3.05) is 0 Å². The Hall–Kier alpha value is -1.84. The van der Waals surface area contributed by atoms with Crippen LogP contribution in [0.25, 0.3) is 0 Å². The second kappa shape index (κ2) is 4.80. The molecule has 0 aliphatic heterocycles. The Balaban J connectivity index is 3.32. The third-order valence-electron chi connectivity index (χ3n) is 2.99. The maximum Gasteiger partial charge on any atom is 0.336 e. The Labute approximate surface area is 106 Å². The Morgan fingerprint density at radius 1 is 1.17 bits per heavy atom. The van der Waals surface area contributed by atoms with Crippen molar-refractivity contribution in [1.82, 2.24) is 0 Å². The van der Waals surface area contributed by atoms with Crippen molar-refractivity contribution in [3.8, 4) is 0 Å². The molecule has 0 fully saturated rings. The second-order valence-corrected chi connectivity index (χ2v) is 5.29.